The Labute approximate surface area is 67.5 Å². The van der Waals surface area contributed by atoms with Crippen molar-refractivity contribution in [3.8, 4) is 0 Å². The van der Waals surface area contributed by atoms with Crippen LogP contribution in [0.25, 0.3) is 0 Å². The van der Waals surface area contributed by atoms with E-state index in [4.69, 9.17) is 0 Å². The molecule has 1 rings (SSSR count). The summed E-state index contributed by atoms with van der Waals surface area (Å²) in [7, 11) is 0. The Kier molecular flexibility index (Phi) is 4.56. The standard InChI is InChI=1S/C6H9N2.Li.H/c1-2-4-8-5-3-7-6-8;;/h3,5-6H,1-2,4H2;;. The quantitative estimate of drug-likeness (QED) is 0.514. The van der Waals surface area contributed by atoms with Crippen LogP contribution in [-0.2, 0) is 6.54 Å². The molecular formula is C6H10LiN2. The molecule has 0 aliphatic carbocycles. The van der Waals surface area contributed by atoms with Crippen LogP contribution in [0.2, 0.25) is 0 Å². The Morgan fingerprint density at radius 2 is 2.33 bits per heavy atom. The maximum absolute atomic E-state index is 3.88. The molecule has 0 bridgehead atoms. The number of imidazole rings is 1. The van der Waals surface area contributed by atoms with Crippen molar-refractivity contribution in [3.05, 3.63) is 25.6 Å². The predicted molar refractivity (Wildman–Crippen MR) is 39.4 cm³/mol. The summed E-state index contributed by atoms with van der Waals surface area (Å²) >= 11 is 0. The van der Waals surface area contributed by atoms with Crippen molar-refractivity contribution < 1.29 is 0 Å². The van der Waals surface area contributed by atoms with Crippen LogP contribution in [0, 0.1) is 6.92 Å². The van der Waals surface area contributed by atoms with Crippen LogP contribution in [-0.4, -0.2) is 28.4 Å². The summed E-state index contributed by atoms with van der Waals surface area (Å²) < 4.78 is 2.01. The molecule has 0 saturated heterocycles. The van der Waals surface area contributed by atoms with E-state index in [1.54, 1.807) is 12.5 Å². The number of rotatable bonds is 2. The van der Waals surface area contributed by atoms with Gasteiger partial charge in [0, 0.05) is 18.9 Å². The molecule has 0 spiro atoms. The number of aryl methyl sites for hydroxylation is 1. The molecule has 1 radical (unpaired) electrons. The molecule has 0 aliphatic rings. The van der Waals surface area contributed by atoms with Gasteiger partial charge in [0.1, 0.15) is 0 Å². The molecule has 45 valence electrons. The molecule has 0 atom stereocenters. The van der Waals surface area contributed by atoms with Gasteiger partial charge in [-0.25, -0.2) is 4.98 Å². The van der Waals surface area contributed by atoms with Crippen LogP contribution in [0.1, 0.15) is 6.42 Å². The third-order valence-electron chi connectivity index (χ3n) is 0.976. The van der Waals surface area contributed by atoms with E-state index in [0.717, 1.165) is 13.0 Å². The zero-order chi connectivity index (χ0) is 5.82. The minimum absolute atomic E-state index is 0. The van der Waals surface area contributed by atoms with Gasteiger partial charge in [0.25, 0.3) is 0 Å². The number of nitrogens with zero attached hydrogens (tertiary/aromatic N) is 2. The predicted octanol–water partition coefficient (Wildman–Crippen LogP) is 0.459. The first-order valence-corrected chi connectivity index (χ1v) is 2.68. The summed E-state index contributed by atoms with van der Waals surface area (Å²) in [4.78, 5) is 3.88. The van der Waals surface area contributed by atoms with E-state index < -0.39 is 0 Å². The fourth-order valence-corrected chi connectivity index (χ4v) is 0.602. The summed E-state index contributed by atoms with van der Waals surface area (Å²) in [5.74, 6) is 0. The van der Waals surface area contributed by atoms with Gasteiger partial charge < -0.3 is 4.57 Å². The summed E-state index contributed by atoms with van der Waals surface area (Å²) in [5.41, 5.74) is 0. The van der Waals surface area contributed by atoms with Crippen molar-refractivity contribution in [2.24, 2.45) is 0 Å². The maximum atomic E-state index is 3.88. The van der Waals surface area contributed by atoms with Crippen molar-refractivity contribution in [1.82, 2.24) is 9.55 Å². The summed E-state index contributed by atoms with van der Waals surface area (Å²) in [5, 5.41) is 0. The minimum atomic E-state index is 0. The summed E-state index contributed by atoms with van der Waals surface area (Å²) in [6.45, 7) is 4.68. The van der Waals surface area contributed by atoms with E-state index in [-0.39, 0.29) is 18.9 Å². The van der Waals surface area contributed by atoms with Crippen LogP contribution >= 0.6 is 0 Å². The molecule has 0 aromatic carbocycles. The molecule has 3 heteroatoms. The van der Waals surface area contributed by atoms with Gasteiger partial charge in [0.05, 0.1) is 6.33 Å². The number of hydrogen-bond donors (Lipinski definition) is 0. The van der Waals surface area contributed by atoms with Crippen LogP contribution in [0.3, 0.4) is 0 Å². The van der Waals surface area contributed by atoms with Gasteiger partial charge in [-0.05, 0) is 6.42 Å². The van der Waals surface area contributed by atoms with E-state index in [2.05, 4.69) is 11.9 Å². The molecule has 0 N–H and O–H groups in total. The first-order chi connectivity index (χ1) is 3.93. The van der Waals surface area contributed by atoms with Crippen molar-refractivity contribution in [3.63, 3.8) is 0 Å². The van der Waals surface area contributed by atoms with E-state index in [0.29, 0.717) is 0 Å². The van der Waals surface area contributed by atoms with E-state index in [9.17, 15) is 0 Å². The van der Waals surface area contributed by atoms with Crippen LogP contribution in [0.15, 0.2) is 18.7 Å². The molecule has 9 heavy (non-hydrogen) atoms. The van der Waals surface area contributed by atoms with Crippen LogP contribution < -0.4 is 0 Å². The third-order valence-corrected chi connectivity index (χ3v) is 0.976. The average Bonchev–Trinajstić information content (AvgIpc) is 2.19. The Morgan fingerprint density at radius 1 is 1.56 bits per heavy atom. The Balaban J connectivity index is 0.000000640. The van der Waals surface area contributed by atoms with Gasteiger partial charge in [-0.3, -0.25) is 0 Å². The van der Waals surface area contributed by atoms with Gasteiger partial charge >= 0.3 is 18.9 Å². The molecule has 2 nitrogen and oxygen atoms in total. The second-order valence-corrected chi connectivity index (χ2v) is 1.65. The van der Waals surface area contributed by atoms with Crippen molar-refractivity contribution >= 4 is 18.9 Å². The summed E-state index contributed by atoms with van der Waals surface area (Å²) in [6, 6.07) is 0. The molecule has 0 saturated carbocycles. The van der Waals surface area contributed by atoms with Gasteiger partial charge in [-0.2, -0.15) is 0 Å². The first-order valence-electron chi connectivity index (χ1n) is 2.68. The second kappa shape index (κ2) is 4.66. The van der Waals surface area contributed by atoms with Gasteiger partial charge in [-0.15, -0.1) is 0 Å². The third kappa shape index (κ3) is 2.74. The molecule has 1 aromatic rings. The fourth-order valence-electron chi connectivity index (χ4n) is 0.602. The Bertz CT molecular complexity index is 137. The molecule has 0 fully saturated rings. The number of hydrogen-bond acceptors (Lipinski definition) is 1. The van der Waals surface area contributed by atoms with Gasteiger partial charge in [-0.1, -0.05) is 6.92 Å². The normalized spacial score (nSPS) is 8.56. The van der Waals surface area contributed by atoms with E-state index in [1.807, 2.05) is 10.8 Å². The van der Waals surface area contributed by atoms with Gasteiger partial charge in [0.2, 0.25) is 0 Å². The van der Waals surface area contributed by atoms with Crippen molar-refractivity contribution in [2.45, 2.75) is 13.0 Å². The molecule has 0 aliphatic heterocycles. The number of aromatic nitrogens is 2. The fraction of sp³-hybridized carbons (Fsp3) is 0.333. The molecule has 1 heterocycles. The second-order valence-electron chi connectivity index (χ2n) is 1.65. The molecular weight excluding hydrogens is 107 g/mol. The topological polar surface area (TPSA) is 17.8 Å². The molecule has 0 amide bonds. The van der Waals surface area contributed by atoms with E-state index >= 15 is 0 Å². The summed E-state index contributed by atoms with van der Waals surface area (Å²) in [6.07, 6.45) is 6.43. The monoisotopic (exact) mass is 117 g/mol. The SMILES string of the molecule is [CH2]CCn1ccnc1.[LiH]. The first kappa shape index (κ1) is 8.81. The van der Waals surface area contributed by atoms with Crippen molar-refractivity contribution in [2.75, 3.05) is 0 Å². The van der Waals surface area contributed by atoms with E-state index in [1.165, 1.54) is 0 Å². The van der Waals surface area contributed by atoms with Crippen LogP contribution in [0.5, 0.6) is 0 Å². The zero-order valence-electron chi connectivity index (χ0n) is 4.75. The average molecular weight is 117 g/mol. The molecule has 0 unspecified atom stereocenters. The zero-order valence-corrected chi connectivity index (χ0v) is 4.75. The van der Waals surface area contributed by atoms with Gasteiger partial charge in [0.15, 0.2) is 0 Å². The molecule has 1 aromatic heterocycles. The Morgan fingerprint density at radius 3 is 2.78 bits per heavy atom. The van der Waals surface area contributed by atoms with Crippen LogP contribution in [0.4, 0.5) is 0 Å². The van der Waals surface area contributed by atoms with Crippen molar-refractivity contribution in [1.29, 1.82) is 0 Å². The Hall–Kier alpha value is -0.193.